The minimum atomic E-state index is -0.663. The highest BCUT2D eigenvalue weighted by atomic mass is 16.6. The Bertz CT molecular complexity index is 687. The fraction of sp³-hybridized carbons (Fsp3) is 0.826. The van der Waals surface area contributed by atoms with Crippen molar-refractivity contribution in [2.75, 3.05) is 26.2 Å². The Morgan fingerprint density at radius 3 is 2.58 bits per heavy atom. The van der Waals surface area contributed by atoms with Gasteiger partial charge < -0.3 is 30.3 Å². The van der Waals surface area contributed by atoms with Gasteiger partial charge in [0.25, 0.3) is 0 Å². The van der Waals surface area contributed by atoms with Gasteiger partial charge in [0, 0.05) is 31.5 Å². The standard InChI is InChI=1S/C23H38N2O6/c1-4-10-24-21(30)31-19-7-9-22(2)16(12-20(29)25-11-8-15(27)13-25)17(28)5-6-18(22)23(19,3)14-26/h4,15-19,26-28H,1,5-14H2,2-3H3,(H,24,30). The van der Waals surface area contributed by atoms with Gasteiger partial charge in [0.05, 0.1) is 18.8 Å². The summed E-state index contributed by atoms with van der Waals surface area (Å²) in [5.41, 5.74) is -1.02. The molecule has 2 amide bonds. The zero-order valence-corrected chi connectivity index (χ0v) is 18.8. The highest BCUT2D eigenvalue weighted by Crippen LogP contribution is 2.61. The molecule has 0 spiro atoms. The van der Waals surface area contributed by atoms with Crippen molar-refractivity contribution in [3.63, 3.8) is 0 Å². The smallest absolute Gasteiger partial charge is 0.407 e. The van der Waals surface area contributed by atoms with E-state index in [1.165, 1.54) is 0 Å². The Balaban J connectivity index is 1.78. The average molecular weight is 439 g/mol. The molecule has 0 bridgehead atoms. The predicted molar refractivity (Wildman–Crippen MR) is 115 cm³/mol. The first-order valence-corrected chi connectivity index (χ1v) is 11.5. The van der Waals surface area contributed by atoms with Crippen LogP contribution in [-0.4, -0.2) is 76.8 Å². The molecule has 3 fully saturated rings. The highest BCUT2D eigenvalue weighted by molar-refractivity contribution is 5.77. The summed E-state index contributed by atoms with van der Waals surface area (Å²) in [6, 6.07) is 0. The summed E-state index contributed by atoms with van der Waals surface area (Å²) in [5.74, 6) is -0.269. The number of nitrogens with one attached hydrogen (secondary N) is 1. The lowest BCUT2D eigenvalue weighted by atomic mass is 9.46. The lowest BCUT2D eigenvalue weighted by Crippen LogP contribution is -2.61. The van der Waals surface area contributed by atoms with Crippen LogP contribution in [0.2, 0.25) is 0 Å². The maximum absolute atomic E-state index is 12.9. The molecule has 7 atom stereocenters. The topological polar surface area (TPSA) is 119 Å². The number of aliphatic hydroxyl groups is 3. The molecule has 2 aliphatic carbocycles. The Hall–Kier alpha value is -1.64. The van der Waals surface area contributed by atoms with Crippen molar-refractivity contribution in [3.05, 3.63) is 12.7 Å². The third-order valence-corrected chi connectivity index (χ3v) is 8.23. The molecule has 0 radical (unpaired) electrons. The summed E-state index contributed by atoms with van der Waals surface area (Å²) in [5, 5.41) is 33.7. The van der Waals surface area contributed by atoms with E-state index in [1.807, 2.05) is 6.92 Å². The van der Waals surface area contributed by atoms with Crippen LogP contribution in [0.1, 0.15) is 52.4 Å². The third-order valence-electron chi connectivity index (χ3n) is 8.23. The van der Waals surface area contributed by atoms with Gasteiger partial charge in [0.15, 0.2) is 0 Å². The van der Waals surface area contributed by atoms with E-state index in [4.69, 9.17) is 4.74 Å². The maximum atomic E-state index is 12.9. The SMILES string of the molecule is C=CCNC(=O)OC1CCC2(C)C(CC(=O)N3CCC(O)C3)C(O)CCC2C1(C)CO. The molecular formula is C23H38N2O6. The van der Waals surface area contributed by atoms with Crippen LogP contribution in [0.4, 0.5) is 4.79 Å². The van der Waals surface area contributed by atoms with Crippen LogP contribution >= 0.6 is 0 Å². The summed E-state index contributed by atoms with van der Waals surface area (Å²) in [6.07, 6.45) is 2.88. The fourth-order valence-electron chi connectivity index (χ4n) is 6.39. The number of carbonyl (C=O) groups is 2. The van der Waals surface area contributed by atoms with Gasteiger partial charge in [-0.2, -0.15) is 0 Å². The van der Waals surface area contributed by atoms with Gasteiger partial charge in [0.2, 0.25) is 5.91 Å². The van der Waals surface area contributed by atoms with E-state index in [0.29, 0.717) is 51.7 Å². The van der Waals surface area contributed by atoms with Gasteiger partial charge in [-0.05, 0) is 49.4 Å². The summed E-state index contributed by atoms with van der Waals surface area (Å²) in [6.45, 7) is 8.72. The van der Waals surface area contributed by atoms with Crippen molar-refractivity contribution in [3.8, 4) is 0 Å². The summed E-state index contributed by atoms with van der Waals surface area (Å²) >= 11 is 0. The third kappa shape index (κ3) is 4.61. The van der Waals surface area contributed by atoms with Crippen molar-refractivity contribution in [2.45, 2.75) is 70.7 Å². The highest BCUT2D eigenvalue weighted by Gasteiger charge is 2.60. The zero-order valence-electron chi connectivity index (χ0n) is 18.8. The summed E-state index contributed by atoms with van der Waals surface area (Å²) < 4.78 is 5.71. The molecule has 7 unspecified atom stereocenters. The number of hydrogen-bond acceptors (Lipinski definition) is 6. The summed E-state index contributed by atoms with van der Waals surface area (Å²) in [7, 11) is 0. The molecule has 2 saturated carbocycles. The molecule has 8 nitrogen and oxygen atoms in total. The second-order valence-electron chi connectivity index (χ2n) is 10.1. The van der Waals surface area contributed by atoms with Crippen molar-refractivity contribution in [1.82, 2.24) is 10.2 Å². The molecule has 176 valence electrons. The number of alkyl carbamates (subject to hydrolysis) is 1. The molecular weight excluding hydrogens is 400 g/mol. The van der Waals surface area contributed by atoms with Crippen molar-refractivity contribution >= 4 is 12.0 Å². The van der Waals surface area contributed by atoms with Gasteiger partial charge >= 0.3 is 6.09 Å². The van der Waals surface area contributed by atoms with Crippen molar-refractivity contribution < 1.29 is 29.6 Å². The van der Waals surface area contributed by atoms with Crippen LogP contribution in [-0.2, 0) is 9.53 Å². The Labute approximate surface area is 184 Å². The van der Waals surface area contributed by atoms with Gasteiger partial charge in [-0.25, -0.2) is 4.79 Å². The maximum Gasteiger partial charge on any atom is 0.407 e. The quantitative estimate of drug-likeness (QED) is 0.466. The van der Waals surface area contributed by atoms with Crippen LogP contribution < -0.4 is 5.32 Å². The minimum absolute atomic E-state index is 0.00122. The van der Waals surface area contributed by atoms with Crippen LogP contribution in [0.15, 0.2) is 12.7 Å². The van der Waals surface area contributed by atoms with E-state index >= 15 is 0 Å². The number of aliphatic hydroxyl groups excluding tert-OH is 3. The Morgan fingerprint density at radius 2 is 1.97 bits per heavy atom. The molecule has 0 aromatic rings. The molecule has 3 rings (SSSR count). The Kier molecular flexibility index (Phi) is 7.33. The second-order valence-corrected chi connectivity index (χ2v) is 10.1. The van der Waals surface area contributed by atoms with Gasteiger partial charge in [-0.15, -0.1) is 6.58 Å². The van der Waals surface area contributed by atoms with E-state index < -0.39 is 29.8 Å². The first-order valence-electron chi connectivity index (χ1n) is 11.5. The first kappa shape index (κ1) is 24.0. The van der Waals surface area contributed by atoms with Gasteiger partial charge in [0.1, 0.15) is 6.10 Å². The number of likely N-dealkylation sites (tertiary alicyclic amines) is 1. The lowest BCUT2D eigenvalue weighted by Gasteiger charge is -2.60. The number of β-amino-alcohol motifs (C(OH)–C–C–N with tert-alkyl or cyclic N) is 1. The first-order chi connectivity index (χ1) is 14.7. The lowest BCUT2D eigenvalue weighted by molar-refractivity contribution is -0.187. The number of carbonyl (C=O) groups excluding carboxylic acids is 2. The van der Waals surface area contributed by atoms with Crippen LogP contribution in [0, 0.1) is 22.7 Å². The molecule has 8 heteroatoms. The monoisotopic (exact) mass is 438 g/mol. The van der Waals surface area contributed by atoms with E-state index in [0.717, 1.165) is 0 Å². The zero-order chi connectivity index (χ0) is 22.8. The molecule has 1 aliphatic heterocycles. The van der Waals surface area contributed by atoms with Crippen molar-refractivity contribution in [1.29, 1.82) is 0 Å². The number of rotatable bonds is 6. The predicted octanol–water partition coefficient (Wildman–Crippen LogP) is 1.44. The summed E-state index contributed by atoms with van der Waals surface area (Å²) in [4.78, 5) is 26.8. The van der Waals surface area contributed by atoms with E-state index in [9.17, 15) is 24.9 Å². The molecule has 0 aromatic carbocycles. The van der Waals surface area contributed by atoms with E-state index in [-0.39, 0.29) is 36.2 Å². The molecule has 31 heavy (non-hydrogen) atoms. The minimum Gasteiger partial charge on any atom is -0.446 e. The number of amides is 2. The molecule has 3 aliphatic rings. The van der Waals surface area contributed by atoms with Gasteiger partial charge in [-0.1, -0.05) is 19.9 Å². The normalized spacial score (nSPS) is 40.2. The molecule has 4 N–H and O–H groups in total. The number of fused-ring (bicyclic) bond motifs is 1. The number of nitrogens with zero attached hydrogens (tertiary/aromatic N) is 1. The van der Waals surface area contributed by atoms with Gasteiger partial charge in [-0.3, -0.25) is 4.79 Å². The molecule has 0 aromatic heterocycles. The number of hydrogen-bond donors (Lipinski definition) is 4. The molecule has 1 saturated heterocycles. The Morgan fingerprint density at radius 1 is 1.23 bits per heavy atom. The van der Waals surface area contributed by atoms with Crippen LogP contribution in [0.3, 0.4) is 0 Å². The fourth-order valence-corrected chi connectivity index (χ4v) is 6.39. The van der Waals surface area contributed by atoms with Crippen LogP contribution in [0.5, 0.6) is 0 Å². The largest absolute Gasteiger partial charge is 0.446 e. The average Bonchev–Trinajstić information content (AvgIpc) is 3.17. The van der Waals surface area contributed by atoms with Crippen molar-refractivity contribution in [2.24, 2.45) is 22.7 Å². The number of ether oxygens (including phenoxy) is 1. The van der Waals surface area contributed by atoms with Crippen LogP contribution in [0.25, 0.3) is 0 Å². The second kappa shape index (κ2) is 9.46. The molecule has 1 heterocycles. The van der Waals surface area contributed by atoms with E-state index in [2.05, 4.69) is 18.8 Å². The van der Waals surface area contributed by atoms with E-state index in [1.54, 1.807) is 11.0 Å².